The Bertz CT molecular complexity index is 947. The third-order valence-corrected chi connectivity index (χ3v) is 3.94. The fraction of sp³-hybridized carbons (Fsp3) is 0.0952. The van der Waals surface area contributed by atoms with Crippen LogP contribution in [0, 0.1) is 11.3 Å². The highest BCUT2D eigenvalue weighted by molar-refractivity contribution is 6.06. The average Bonchev–Trinajstić information content (AvgIpc) is 2.70. The van der Waals surface area contributed by atoms with Gasteiger partial charge < -0.3 is 10.2 Å². The topological polar surface area (TPSA) is 69.0 Å². The van der Waals surface area contributed by atoms with Gasteiger partial charge in [0.1, 0.15) is 6.07 Å². The highest BCUT2D eigenvalue weighted by Crippen LogP contribution is 2.22. The van der Waals surface area contributed by atoms with E-state index in [1.165, 1.54) is 0 Å². The molecule has 26 heavy (non-hydrogen) atoms. The molecule has 1 N–H and O–H groups in total. The van der Waals surface area contributed by atoms with Crippen LogP contribution in [0.5, 0.6) is 0 Å². The van der Waals surface area contributed by atoms with E-state index in [1.54, 1.807) is 35.5 Å². The zero-order valence-corrected chi connectivity index (χ0v) is 14.4. The summed E-state index contributed by atoms with van der Waals surface area (Å²) in [6, 6.07) is 20.6. The van der Waals surface area contributed by atoms with Crippen LogP contribution in [0.4, 0.5) is 17.1 Å². The molecule has 5 nitrogen and oxygen atoms in total. The van der Waals surface area contributed by atoms with Gasteiger partial charge in [-0.3, -0.25) is 9.78 Å². The molecule has 0 radical (unpaired) electrons. The molecular formula is C21H18N4O. The zero-order chi connectivity index (χ0) is 18.4. The number of anilines is 3. The van der Waals surface area contributed by atoms with E-state index in [9.17, 15) is 10.1 Å². The van der Waals surface area contributed by atoms with Crippen LogP contribution >= 0.6 is 0 Å². The molecule has 3 aromatic rings. The number of nitriles is 1. The highest BCUT2D eigenvalue weighted by atomic mass is 16.2. The van der Waals surface area contributed by atoms with Crippen molar-refractivity contribution in [2.45, 2.75) is 6.92 Å². The van der Waals surface area contributed by atoms with E-state index in [-0.39, 0.29) is 5.91 Å². The van der Waals surface area contributed by atoms with Gasteiger partial charge in [-0.2, -0.15) is 5.26 Å². The molecule has 0 unspecified atom stereocenters. The molecule has 0 saturated carbocycles. The van der Waals surface area contributed by atoms with Crippen LogP contribution in [0.1, 0.15) is 22.8 Å². The number of benzene rings is 2. The first kappa shape index (κ1) is 17.2. The summed E-state index contributed by atoms with van der Waals surface area (Å²) in [5, 5.41) is 12.4. The van der Waals surface area contributed by atoms with Crippen LogP contribution < -0.4 is 10.2 Å². The summed E-state index contributed by atoms with van der Waals surface area (Å²) in [7, 11) is 0. The summed E-state index contributed by atoms with van der Waals surface area (Å²) < 4.78 is 0. The number of hydrogen-bond donors (Lipinski definition) is 1. The smallest absolute Gasteiger partial charge is 0.259 e. The SMILES string of the molecule is CCN(C(=O)c1cncc(Nc2ccccc2C#N)c1)c1ccccc1. The number of hydrogen-bond acceptors (Lipinski definition) is 4. The van der Waals surface area contributed by atoms with Crippen LogP contribution in [-0.4, -0.2) is 17.4 Å². The van der Waals surface area contributed by atoms with Crippen molar-refractivity contribution in [2.75, 3.05) is 16.8 Å². The number of para-hydroxylation sites is 2. The maximum absolute atomic E-state index is 12.9. The van der Waals surface area contributed by atoms with Crippen LogP contribution in [0.3, 0.4) is 0 Å². The Balaban J connectivity index is 1.87. The van der Waals surface area contributed by atoms with Gasteiger partial charge in [-0.15, -0.1) is 0 Å². The summed E-state index contributed by atoms with van der Waals surface area (Å²) in [5.41, 5.74) is 3.19. The van der Waals surface area contributed by atoms with E-state index in [0.29, 0.717) is 29.0 Å². The predicted octanol–water partition coefficient (Wildman–Crippen LogP) is 4.36. The second-order valence-electron chi connectivity index (χ2n) is 5.63. The second kappa shape index (κ2) is 7.95. The van der Waals surface area contributed by atoms with Gasteiger partial charge in [0.15, 0.2) is 0 Å². The largest absolute Gasteiger partial charge is 0.353 e. The summed E-state index contributed by atoms with van der Waals surface area (Å²) in [6.07, 6.45) is 3.18. The van der Waals surface area contributed by atoms with Gasteiger partial charge in [0.25, 0.3) is 5.91 Å². The van der Waals surface area contributed by atoms with E-state index >= 15 is 0 Å². The van der Waals surface area contributed by atoms with Crippen LogP contribution in [-0.2, 0) is 0 Å². The summed E-state index contributed by atoms with van der Waals surface area (Å²) >= 11 is 0. The van der Waals surface area contributed by atoms with Gasteiger partial charge in [0.2, 0.25) is 0 Å². The van der Waals surface area contributed by atoms with E-state index in [4.69, 9.17) is 0 Å². The molecule has 0 aliphatic rings. The quantitative estimate of drug-likeness (QED) is 0.748. The first-order valence-corrected chi connectivity index (χ1v) is 8.31. The lowest BCUT2D eigenvalue weighted by molar-refractivity contribution is 0.0988. The zero-order valence-electron chi connectivity index (χ0n) is 14.4. The number of carbonyl (C=O) groups excluding carboxylic acids is 1. The van der Waals surface area contributed by atoms with Gasteiger partial charge in [-0.1, -0.05) is 30.3 Å². The number of pyridine rings is 1. The molecule has 0 atom stereocenters. The Kier molecular flexibility index (Phi) is 5.25. The Morgan fingerprint density at radius 3 is 2.58 bits per heavy atom. The fourth-order valence-corrected chi connectivity index (χ4v) is 2.68. The van der Waals surface area contributed by atoms with Gasteiger partial charge in [-0.05, 0) is 37.3 Å². The van der Waals surface area contributed by atoms with E-state index < -0.39 is 0 Å². The molecule has 1 aromatic heterocycles. The number of amides is 1. The third-order valence-electron chi connectivity index (χ3n) is 3.94. The monoisotopic (exact) mass is 342 g/mol. The lowest BCUT2D eigenvalue weighted by Gasteiger charge is -2.21. The molecule has 1 heterocycles. The maximum Gasteiger partial charge on any atom is 0.259 e. The van der Waals surface area contributed by atoms with E-state index in [2.05, 4.69) is 16.4 Å². The molecule has 2 aromatic carbocycles. The van der Waals surface area contributed by atoms with Gasteiger partial charge in [0.05, 0.1) is 28.7 Å². The standard InChI is InChI=1S/C21H18N4O/c1-2-25(19-9-4-3-5-10-19)21(26)17-12-18(15-23-14-17)24-20-11-7-6-8-16(20)13-22/h3-12,14-15,24H,2H2,1H3. The molecule has 0 spiro atoms. The average molecular weight is 342 g/mol. The van der Waals surface area contributed by atoms with Crippen LogP contribution in [0.25, 0.3) is 0 Å². The molecule has 1 amide bonds. The minimum atomic E-state index is -0.122. The van der Waals surface area contributed by atoms with Crippen molar-refractivity contribution in [1.82, 2.24) is 4.98 Å². The molecule has 0 saturated heterocycles. The van der Waals surface area contributed by atoms with Crippen molar-refractivity contribution in [3.8, 4) is 6.07 Å². The molecular weight excluding hydrogens is 324 g/mol. The number of carbonyl (C=O) groups is 1. The predicted molar refractivity (Wildman–Crippen MR) is 102 cm³/mol. The van der Waals surface area contributed by atoms with E-state index in [1.807, 2.05) is 49.4 Å². The van der Waals surface area contributed by atoms with Crippen molar-refractivity contribution >= 4 is 23.0 Å². The minimum absolute atomic E-state index is 0.122. The summed E-state index contributed by atoms with van der Waals surface area (Å²) in [4.78, 5) is 18.8. The molecule has 0 aliphatic heterocycles. The van der Waals surface area contributed by atoms with Crippen molar-refractivity contribution in [1.29, 1.82) is 5.26 Å². The molecule has 0 fully saturated rings. The summed E-state index contributed by atoms with van der Waals surface area (Å²) in [6.45, 7) is 2.49. The number of aromatic nitrogens is 1. The normalized spacial score (nSPS) is 10.0. The Labute approximate surface area is 152 Å². The number of nitrogens with zero attached hydrogens (tertiary/aromatic N) is 3. The van der Waals surface area contributed by atoms with Crippen molar-refractivity contribution in [3.63, 3.8) is 0 Å². The van der Waals surface area contributed by atoms with Crippen molar-refractivity contribution in [3.05, 3.63) is 84.2 Å². The lowest BCUT2D eigenvalue weighted by Crippen LogP contribution is -2.30. The maximum atomic E-state index is 12.9. The minimum Gasteiger partial charge on any atom is -0.353 e. The van der Waals surface area contributed by atoms with Crippen LogP contribution in [0.2, 0.25) is 0 Å². The summed E-state index contributed by atoms with van der Waals surface area (Å²) in [5.74, 6) is -0.122. The third kappa shape index (κ3) is 3.70. The first-order chi connectivity index (χ1) is 12.7. The van der Waals surface area contributed by atoms with Gasteiger partial charge in [-0.25, -0.2) is 0 Å². The van der Waals surface area contributed by atoms with Gasteiger partial charge >= 0.3 is 0 Å². The molecule has 128 valence electrons. The van der Waals surface area contributed by atoms with Crippen LogP contribution in [0.15, 0.2) is 73.1 Å². The second-order valence-corrected chi connectivity index (χ2v) is 5.63. The molecule has 5 heteroatoms. The Morgan fingerprint density at radius 2 is 1.85 bits per heavy atom. The highest BCUT2D eigenvalue weighted by Gasteiger charge is 2.16. The lowest BCUT2D eigenvalue weighted by atomic mass is 10.1. The Morgan fingerprint density at radius 1 is 1.12 bits per heavy atom. The molecule has 0 aliphatic carbocycles. The van der Waals surface area contributed by atoms with Gasteiger partial charge in [0, 0.05) is 18.4 Å². The number of nitrogens with one attached hydrogen (secondary N) is 1. The number of rotatable bonds is 5. The fourth-order valence-electron chi connectivity index (χ4n) is 2.68. The molecule has 0 bridgehead atoms. The Hall–Kier alpha value is -3.65. The molecule has 3 rings (SSSR count). The first-order valence-electron chi connectivity index (χ1n) is 8.31. The van der Waals surface area contributed by atoms with Crippen molar-refractivity contribution < 1.29 is 4.79 Å². The van der Waals surface area contributed by atoms with Crippen molar-refractivity contribution in [2.24, 2.45) is 0 Å². The van der Waals surface area contributed by atoms with E-state index in [0.717, 1.165) is 5.69 Å².